The minimum absolute atomic E-state index is 0.0102. The van der Waals surface area contributed by atoms with Crippen molar-refractivity contribution in [1.82, 2.24) is 26.6 Å². The van der Waals surface area contributed by atoms with Gasteiger partial charge in [0.25, 0.3) is 0 Å². The summed E-state index contributed by atoms with van der Waals surface area (Å²) in [4.78, 5) is 140. The van der Waals surface area contributed by atoms with E-state index in [2.05, 4.69) is 31.9 Å². The Bertz CT molecular complexity index is 3550. The molecule has 7 N–H and O–H groups in total. The molecule has 6 amide bonds. The molecule has 1 aliphatic heterocycles. The van der Waals surface area contributed by atoms with E-state index in [1.54, 1.807) is 26.4 Å². The molecule has 5 atom stereocenters. The highest BCUT2D eigenvalue weighted by Crippen LogP contribution is 2.43. The number of methoxy groups -OCH3 is 2. The van der Waals surface area contributed by atoms with E-state index in [4.69, 9.17) is 66.3 Å². The van der Waals surface area contributed by atoms with Gasteiger partial charge in [-0.3, -0.25) is 52.7 Å². The lowest BCUT2D eigenvalue weighted by molar-refractivity contribution is -0.279. The maximum absolute atomic E-state index is 14.1. The van der Waals surface area contributed by atoms with E-state index in [0.717, 1.165) is 43.4 Å². The topological polar surface area (TPSA) is 409 Å². The second-order valence-electron chi connectivity index (χ2n) is 27.3. The zero-order chi connectivity index (χ0) is 83.6. The summed E-state index contributed by atoms with van der Waals surface area (Å²) in [6, 6.07) is 29.1. The molecule has 1 saturated heterocycles. The third kappa shape index (κ3) is 37.2. The number of aliphatic carboxylic acids is 1. The number of carboxylic acids is 1. The molecule has 32 heteroatoms. The lowest BCUT2D eigenvalue weighted by atomic mass is 9.80. The second kappa shape index (κ2) is 54.2. The Kier molecular flexibility index (Phi) is 45.2. The molecule has 0 aliphatic carbocycles. The molecule has 1 aliphatic rings. The third-order valence-corrected chi connectivity index (χ3v) is 18.3. The van der Waals surface area contributed by atoms with E-state index in [1.165, 1.54) is 13.8 Å². The van der Waals surface area contributed by atoms with Gasteiger partial charge in [0.1, 0.15) is 42.5 Å². The summed E-state index contributed by atoms with van der Waals surface area (Å²) in [6.45, 7) is 10.9. The number of amides is 6. The fraction of sp³-hybridized carbons (Fsp3) is 0.578. The number of anilines is 1. The van der Waals surface area contributed by atoms with E-state index in [9.17, 15) is 57.8 Å². The molecule has 1 heterocycles. The molecule has 0 bridgehead atoms. The van der Waals surface area contributed by atoms with Gasteiger partial charge in [-0.05, 0) is 116 Å². The molecule has 0 aromatic heterocycles. The van der Waals surface area contributed by atoms with E-state index in [-0.39, 0.29) is 173 Å². The molecule has 115 heavy (non-hydrogen) atoms. The van der Waals surface area contributed by atoms with Crippen LogP contribution >= 0.6 is 0 Å². The highest BCUT2D eigenvalue weighted by atomic mass is 16.7. The molecule has 4 aromatic rings. The number of carboxylic acid groups (broad SMARTS) is 1. The molecule has 5 unspecified atom stereocenters. The summed E-state index contributed by atoms with van der Waals surface area (Å²) < 4.78 is 79.5. The van der Waals surface area contributed by atoms with Crippen LogP contribution in [0.5, 0.6) is 11.5 Å². The number of rotatable bonds is 59. The van der Waals surface area contributed by atoms with Crippen molar-refractivity contribution in [2.75, 3.05) is 118 Å². The van der Waals surface area contributed by atoms with Crippen molar-refractivity contribution >= 4 is 71.0 Å². The maximum atomic E-state index is 14.1. The first-order valence-corrected chi connectivity index (χ1v) is 39.2. The van der Waals surface area contributed by atoms with Crippen molar-refractivity contribution in [2.45, 2.75) is 199 Å². The van der Waals surface area contributed by atoms with Gasteiger partial charge >= 0.3 is 29.8 Å². The zero-order valence-corrected chi connectivity index (χ0v) is 67.6. The van der Waals surface area contributed by atoms with Crippen molar-refractivity contribution < 1.29 is 124 Å². The number of esters is 4. The Morgan fingerprint density at radius 3 is 1.43 bits per heavy atom. The highest BCUT2D eigenvalue weighted by molar-refractivity contribution is 5.91. The van der Waals surface area contributed by atoms with Gasteiger partial charge in [-0.25, -0.2) is 0 Å². The Labute approximate surface area is 673 Å². The maximum Gasteiger partial charge on any atom is 0.306 e. The lowest BCUT2D eigenvalue weighted by Crippen LogP contribution is -2.66. The van der Waals surface area contributed by atoms with Crippen LogP contribution in [0.2, 0.25) is 0 Å². The predicted molar refractivity (Wildman–Crippen MR) is 419 cm³/mol. The monoisotopic (exact) mass is 1610 g/mol. The Morgan fingerprint density at radius 2 is 0.939 bits per heavy atom. The van der Waals surface area contributed by atoms with Crippen LogP contribution in [-0.4, -0.2) is 220 Å². The lowest BCUT2D eigenvalue weighted by Gasteiger charge is -2.44. The van der Waals surface area contributed by atoms with Crippen LogP contribution in [-0.2, 0) is 128 Å². The number of carbonyl (C=O) groups excluding carboxylic acids is 10. The predicted octanol–water partition coefficient (Wildman–Crippen LogP) is 7.52. The summed E-state index contributed by atoms with van der Waals surface area (Å²) in [5.74, 6) is -4.63. The molecule has 0 radical (unpaired) electrons. The van der Waals surface area contributed by atoms with Gasteiger partial charge in [0.2, 0.25) is 35.4 Å². The van der Waals surface area contributed by atoms with Gasteiger partial charge in [-0.2, -0.15) is 0 Å². The molecule has 5 rings (SSSR count). The van der Waals surface area contributed by atoms with Crippen LogP contribution in [0.3, 0.4) is 0 Å². The van der Waals surface area contributed by atoms with Gasteiger partial charge in [-0.15, -0.1) is 0 Å². The van der Waals surface area contributed by atoms with E-state index in [0.29, 0.717) is 80.4 Å². The molecule has 32 nitrogen and oxygen atoms in total. The summed E-state index contributed by atoms with van der Waals surface area (Å²) in [6.07, 6.45) is -0.994. The molecular formula is C83H118N6O26. The first-order chi connectivity index (χ1) is 55.4. The Morgan fingerprint density at radius 1 is 0.470 bits per heavy atom. The number of unbranched alkanes of at least 4 members (excludes halogenated alkanes) is 5. The van der Waals surface area contributed by atoms with Gasteiger partial charge in [-0.1, -0.05) is 80.3 Å². The number of hydrogen-bond acceptors (Lipinski definition) is 25. The summed E-state index contributed by atoms with van der Waals surface area (Å²) in [7, 11) is 3.19. The SMILES string of the molecule is CCOCCNC(=O)CCC(CCC(=O)NCCOCC)(CCC(=O)NCCOCCOCCOCCOC1OC(COC(C)=O)C(OC(C)=O)C(OC(C)=O)C1NC(C)=O)NC(=O)CCCCCCCCC(=O)Nc1cc(COC(=O)CCC(=O)O)cc(COC(c2ccccc2)(c2ccc(OC)cc2)c2ccc(OC)cc2)c1. The number of benzene rings is 4. The van der Waals surface area contributed by atoms with Crippen molar-refractivity contribution in [3.05, 3.63) is 125 Å². The molecule has 4 aromatic carbocycles. The second-order valence-corrected chi connectivity index (χ2v) is 27.3. The number of carbonyl (C=O) groups is 11. The first-order valence-electron chi connectivity index (χ1n) is 39.2. The van der Waals surface area contributed by atoms with E-state index < -0.39 is 84.0 Å². The Hall–Kier alpha value is -9.67. The van der Waals surface area contributed by atoms with Crippen LogP contribution in [0.25, 0.3) is 0 Å². The van der Waals surface area contributed by atoms with Gasteiger partial charge in [0.15, 0.2) is 18.5 Å². The minimum atomic E-state index is -1.27. The summed E-state index contributed by atoms with van der Waals surface area (Å²) in [5, 5.41) is 26.6. The van der Waals surface area contributed by atoms with Crippen LogP contribution in [0.15, 0.2) is 97.1 Å². The molecule has 636 valence electrons. The van der Waals surface area contributed by atoms with Crippen LogP contribution < -0.4 is 41.4 Å². The number of ether oxygens (including phenoxy) is 14. The number of nitrogens with one attached hydrogen (secondary N) is 6. The molecule has 0 saturated carbocycles. The summed E-state index contributed by atoms with van der Waals surface area (Å²) >= 11 is 0. The van der Waals surface area contributed by atoms with Crippen LogP contribution in [0, 0.1) is 0 Å². The first kappa shape index (κ1) is 95.9. The van der Waals surface area contributed by atoms with E-state index in [1.807, 2.05) is 98.8 Å². The molecule has 0 spiro atoms. The summed E-state index contributed by atoms with van der Waals surface area (Å²) in [5.41, 5.74) is 1.71. The quantitative estimate of drug-likeness (QED) is 0.00972. The number of hydrogen-bond donors (Lipinski definition) is 7. The van der Waals surface area contributed by atoms with Gasteiger partial charge in [0.05, 0.1) is 93.1 Å². The largest absolute Gasteiger partial charge is 0.497 e. The average Bonchev–Trinajstić information content (AvgIpc) is 0.748. The Balaban J connectivity index is 1.13. The minimum Gasteiger partial charge on any atom is -0.497 e. The normalized spacial score (nSPS) is 15.3. The third-order valence-electron chi connectivity index (χ3n) is 18.3. The smallest absolute Gasteiger partial charge is 0.306 e. The van der Waals surface area contributed by atoms with Gasteiger partial charge in [0, 0.05) is 104 Å². The van der Waals surface area contributed by atoms with Crippen LogP contribution in [0.1, 0.15) is 172 Å². The fourth-order valence-corrected chi connectivity index (χ4v) is 12.7. The van der Waals surface area contributed by atoms with Crippen molar-refractivity contribution in [3.63, 3.8) is 0 Å². The highest BCUT2D eigenvalue weighted by Gasteiger charge is 2.51. The van der Waals surface area contributed by atoms with E-state index >= 15 is 0 Å². The standard InChI is InChI=1S/C83H118N6O26/c1-9-104-43-40-84-71(94)34-37-82(38-35-72(95)85-41-44-105-10-2,39-36-73(96)86-42-45-106-46-47-107-48-49-108-50-51-109-81-78(87-58(3)90)80(114-61(6)93)79(113-60(5)92)70(115-81)57-110-59(4)91)89-75(98)23-19-14-12-11-13-18-22-74(97)88-67-53-62(55-111-77(101)33-32-76(99)100)52-63(54-67)56-112-83(64-20-16-15-17-21-64,65-24-28-68(102-7)29-25-65)66-26-30-69(103-8)31-27-66/h15-17,20-21,24-31,52-54,70,78-81H,9-14,18-19,22-23,32-51,55-57H2,1-8H3,(H,84,94)(H,85,95)(H,86,96)(H,87,90)(H,88,97)(H,89,98)(H,99,100). The fourth-order valence-electron chi connectivity index (χ4n) is 12.7. The van der Waals surface area contributed by atoms with Crippen LogP contribution in [0.4, 0.5) is 5.69 Å². The van der Waals surface area contributed by atoms with Crippen molar-refractivity contribution in [2.24, 2.45) is 0 Å². The molecular weight excluding hydrogens is 1500 g/mol. The molecule has 1 fully saturated rings. The average molecular weight is 1620 g/mol. The van der Waals surface area contributed by atoms with Gasteiger partial charge < -0.3 is 103 Å². The zero-order valence-electron chi connectivity index (χ0n) is 67.6. The van der Waals surface area contributed by atoms with Crippen molar-refractivity contribution in [3.8, 4) is 11.5 Å². The van der Waals surface area contributed by atoms with Crippen molar-refractivity contribution in [1.29, 1.82) is 0 Å².